The highest BCUT2D eigenvalue weighted by atomic mass is 16.2. The Balaban J connectivity index is 1.32. The van der Waals surface area contributed by atoms with Crippen molar-refractivity contribution < 1.29 is 4.79 Å². The van der Waals surface area contributed by atoms with E-state index in [1.54, 1.807) is 5.57 Å². The zero-order chi connectivity index (χ0) is 18.7. The van der Waals surface area contributed by atoms with Crippen LogP contribution in [0.4, 0.5) is 0 Å². The minimum Gasteiger partial charge on any atom is -0.330 e. The van der Waals surface area contributed by atoms with E-state index in [4.69, 9.17) is 0 Å². The van der Waals surface area contributed by atoms with Gasteiger partial charge in [-0.25, -0.2) is 0 Å². The van der Waals surface area contributed by atoms with Crippen molar-refractivity contribution in [3.63, 3.8) is 0 Å². The number of carbonyl (C=O) groups is 1. The maximum absolute atomic E-state index is 13.6. The summed E-state index contributed by atoms with van der Waals surface area (Å²) in [6.45, 7) is 3.34. The van der Waals surface area contributed by atoms with Gasteiger partial charge in [0.15, 0.2) is 5.69 Å². The van der Waals surface area contributed by atoms with Crippen LogP contribution in [-0.4, -0.2) is 57.6 Å². The van der Waals surface area contributed by atoms with Crippen molar-refractivity contribution in [3.8, 4) is 0 Å². The third-order valence-electron chi connectivity index (χ3n) is 8.18. The minimum absolute atomic E-state index is 0.189. The number of hydrogen-bond donors (Lipinski definition) is 1. The summed E-state index contributed by atoms with van der Waals surface area (Å²) in [5.41, 5.74) is 4.71. The largest absolute Gasteiger partial charge is 0.330 e. The number of nitrogens with zero attached hydrogens (tertiary/aromatic N) is 3. The smallest absolute Gasteiger partial charge is 0.275 e. The standard InChI is InChI=1S/C23H32N4O/c28-23(21-18-7-1-2-8-19(18)24-25-21)27-11-5-6-15-12-16-13-17(22(15)27)14-26-10-4-3-9-20(16)26/h12,16-17,20,22H,1-11,13-14H2,(H,24,25)/t16-,17-,20+,22+/m0/s1. The monoisotopic (exact) mass is 380 g/mol. The van der Waals surface area contributed by atoms with Gasteiger partial charge in [0, 0.05) is 30.4 Å². The molecule has 0 unspecified atom stereocenters. The summed E-state index contributed by atoms with van der Waals surface area (Å²) in [7, 11) is 0. The van der Waals surface area contributed by atoms with E-state index in [-0.39, 0.29) is 5.91 Å². The lowest BCUT2D eigenvalue weighted by Gasteiger charge is -2.54. The first kappa shape index (κ1) is 17.3. The van der Waals surface area contributed by atoms with Crippen LogP contribution in [0.5, 0.6) is 0 Å². The van der Waals surface area contributed by atoms with E-state index in [9.17, 15) is 4.79 Å². The Morgan fingerprint density at radius 3 is 2.96 bits per heavy atom. The third kappa shape index (κ3) is 2.62. The lowest BCUT2D eigenvalue weighted by Crippen LogP contribution is -2.60. The molecule has 4 atom stereocenters. The number of nitrogens with one attached hydrogen (secondary N) is 1. The summed E-state index contributed by atoms with van der Waals surface area (Å²) in [6, 6.07) is 1.08. The number of likely N-dealkylation sites (tertiary alicyclic amines) is 1. The predicted molar refractivity (Wildman–Crippen MR) is 108 cm³/mol. The van der Waals surface area contributed by atoms with Crippen LogP contribution in [0.2, 0.25) is 0 Å². The van der Waals surface area contributed by atoms with Gasteiger partial charge in [0.2, 0.25) is 0 Å². The zero-order valence-corrected chi connectivity index (χ0v) is 16.8. The number of fused-ring (bicyclic) bond motifs is 7. The van der Waals surface area contributed by atoms with Crippen molar-refractivity contribution in [1.82, 2.24) is 20.0 Å². The van der Waals surface area contributed by atoms with Gasteiger partial charge in [-0.3, -0.25) is 14.8 Å². The van der Waals surface area contributed by atoms with Crippen molar-refractivity contribution in [3.05, 3.63) is 28.6 Å². The molecule has 6 rings (SSSR count). The highest BCUT2D eigenvalue weighted by Gasteiger charge is 2.47. The molecule has 2 bridgehead atoms. The molecule has 4 heterocycles. The molecule has 0 aromatic carbocycles. The third-order valence-corrected chi connectivity index (χ3v) is 8.18. The molecule has 5 heteroatoms. The van der Waals surface area contributed by atoms with E-state index < -0.39 is 0 Å². The van der Waals surface area contributed by atoms with Crippen LogP contribution < -0.4 is 0 Å². The highest BCUT2D eigenvalue weighted by molar-refractivity contribution is 5.94. The number of amides is 1. The van der Waals surface area contributed by atoms with E-state index >= 15 is 0 Å². The lowest BCUT2D eigenvalue weighted by molar-refractivity contribution is 0.00128. The van der Waals surface area contributed by atoms with Gasteiger partial charge in [-0.2, -0.15) is 5.10 Å². The second-order valence-corrected chi connectivity index (χ2v) is 9.74. The molecule has 2 aliphatic carbocycles. The molecule has 0 spiro atoms. The second kappa shape index (κ2) is 6.72. The van der Waals surface area contributed by atoms with E-state index in [1.807, 2.05) is 0 Å². The fourth-order valence-corrected chi connectivity index (χ4v) is 7.00. The summed E-state index contributed by atoms with van der Waals surface area (Å²) >= 11 is 0. The average Bonchev–Trinajstić information content (AvgIpc) is 3.17. The van der Waals surface area contributed by atoms with E-state index in [0.29, 0.717) is 12.0 Å². The first-order chi connectivity index (χ1) is 13.8. The Bertz CT molecular complexity index is 812. The number of rotatable bonds is 1. The number of aromatic nitrogens is 2. The molecule has 28 heavy (non-hydrogen) atoms. The first-order valence-corrected chi connectivity index (χ1v) is 11.6. The summed E-state index contributed by atoms with van der Waals surface area (Å²) in [6.07, 6.45) is 14.7. The Kier molecular flexibility index (Phi) is 4.14. The predicted octanol–water partition coefficient (Wildman–Crippen LogP) is 3.32. The summed E-state index contributed by atoms with van der Waals surface area (Å²) in [4.78, 5) is 18.6. The van der Waals surface area contributed by atoms with Crippen LogP contribution in [0.1, 0.15) is 73.1 Å². The number of aromatic amines is 1. The quantitative estimate of drug-likeness (QED) is 0.761. The molecular weight excluding hydrogens is 348 g/mol. The first-order valence-electron chi connectivity index (χ1n) is 11.6. The number of H-pyrrole nitrogens is 1. The molecule has 150 valence electrons. The zero-order valence-electron chi connectivity index (χ0n) is 16.8. The molecule has 1 N–H and O–H groups in total. The Hall–Kier alpha value is -1.62. The van der Waals surface area contributed by atoms with Crippen LogP contribution in [-0.2, 0) is 12.8 Å². The van der Waals surface area contributed by atoms with Gasteiger partial charge in [-0.05, 0) is 76.2 Å². The minimum atomic E-state index is 0.189. The van der Waals surface area contributed by atoms with Crippen molar-refractivity contribution in [2.24, 2.45) is 11.8 Å². The number of aryl methyl sites for hydroxylation is 1. The van der Waals surface area contributed by atoms with E-state index in [1.165, 1.54) is 69.3 Å². The van der Waals surface area contributed by atoms with Crippen molar-refractivity contribution in [2.75, 3.05) is 19.6 Å². The Labute approximate surface area is 167 Å². The van der Waals surface area contributed by atoms with Crippen LogP contribution in [0.15, 0.2) is 11.6 Å². The molecular formula is C23H32N4O. The molecule has 0 radical (unpaired) electrons. The number of piperidine rings is 3. The van der Waals surface area contributed by atoms with Gasteiger partial charge in [-0.1, -0.05) is 18.1 Å². The maximum Gasteiger partial charge on any atom is 0.275 e. The fraction of sp³-hybridized carbons (Fsp3) is 0.739. The van der Waals surface area contributed by atoms with Crippen LogP contribution >= 0.6 is 0 Å². The average molecular weight is 381 g/mol. The second-order valence-electron chi connectivity index (χ2n) is 9.74. The Morgan fingerprint density at radius 1 is 1.07 bits per heavy atom. The molecule has 1 aromatic rings. The molecule has 3 fully saturated rings. The summed E-state index contributed by atoms with van der Waals surface area (Å²) < 4.78 is 0. The van der Waals surface area contributed by atoms with Crippen LogP contribution in [0, 0.1) is 11.8 Å². The van der Waals surface area contributed by atoms with Crippen molar-refractivity contribution >= 4 is 5.91 Å². The summed E-state index contributed by atoms with van der Waals surface area (Å²) in [5.74, 6) is 1.52. The van der Waals surface area contributed by atoms with Gasteiger partial charge in [0.25, 0.3) is 5.91 Å². The maximum atomic E-state index is 13.6. The SMILES string of the molecule is O=C(c1n[nH]c2c1CCCC2)N1CCCC2=C[C@H]3C[C@@H](CN4CCCC[C@H]34)[C@@H]21. The van der Waals surface area contributed by atoms with Crippen molar-refractivity contribution in [1.29, 1.82) is 0 Å². The molecule has 3 aliphatic heterocycles. The molecule has 5 aliphatic rings. The van der Waals surface area contributed by atoms with Gasteiger partial charge in [0.1, 0.15) is 0 Å². The van der Waals surface area contributed by atoms with Gasteiger partial charge in [-0.15, -0.1) is 0 Å². The van der Waals surface area contributed by atoms with Gasteiger partial charge < -0.3 is 4.90 Å². The van der Waals surface area contributed by atoms with Gasteiger partial charge >= 0.3 is 0 Å². The van der Waals surface area contributed by atoms with E-state index in [0.717, 1.165) is 43.5 Å². The lowest BCUT2D eigenvalue weighted by atomic mass is 9.68. The Morgan fingerprint density at radius 2 is 2.00 bits per heavy atom. The number of hydrogen-bond acceptors (Lipinski definition) is 3. The number of carbonyl (C=O) groups excluding carboxylic acids is 1. The van der Waals surface area contributed by atoms with Gasteiger partial charge in [0.05, 0.1) is 6.04 Å². The molecule has 1 aromatic heterocycles. The summed E-state index contributed by atoms with van der Waals surface area (Å²) in [5, 5.41) is 7.69. The molecule has 0 saturated carbocycles. The topological polar surface area (TPSA) is 52.2 Å². The highest BCUT2D eigenvalue weighted by Crippen LogP contribution is 2.45. The van der Waals surface area contributed by atoms with Crippen molar-refractivity contribution in [2.45, 2.75) is 76.3 Å². The fourth-order valence-electron chi connectivity index (χ4n) is 7.00. The molecule has 3 saturated heterocycles. The molecule has 5 nitrogen and oxygen atoms in total. The van der Waals surface area contributed by atoms with Crippen LogP contribution in [0.3, 0.4) is 0 Å². The molecule has 1 amide bonds. The normalized spacial score (nSPS) is 34.9. The van der Waals surface area contributed by atoms with Crippen LogP contribution in [0.25, 0.3) is 0 Å². The van der Waals surface area contributed by atoms with E-state index in [2.05, 4.69) is 26.1 Å².